The summed E-state index contributed by atoms with van der Waals surface area (Å²) in [6.45, 7) is 0. The molecule has 1 heterocycles. The van der Waals surface area contributed by atoms with Crippen LogP contribution in [0.3, 0.4) is 0 Å². The number of hydrogen-bond donors (Lipinski definition) is 1. The number of aromatic nitrogens is 1. The lowest BCUT2D eigenvalue weighted by molar-refractivity contribution is 0.424. The summed E-state index contributed by atoms with van der Waals surface area (Å²) in [7, 11) is 1.89. The number of nitrogens with zero attached hydrogens (tertiary/aromatic N) is 1. The summed E-state index contributed by atoms with van der Waals surface area (Å²) in [5, 5.41) is 7.37. The van der Waals surface area contributed by atoms with Gasteiger partial charge in [0.2, 0.25) is 5.88 Å². The van der Waals surface area contributed by atoms with E-state index in [0.717, 1.165) is 30.8 Å². The summed E-state index contributed by atoms with van der Waals surface area (Å²) in [4.78, 5) is 0. The first-order valence-corrected chi connectivity index (χ1v) is 8.18. The molecule has 0 aliphatic heterocycles. The van der Waals surface area contributed by atoms with E-state index in [9.17, 15) is 0 Å². The molecule has 1 unspecified atom stereocenters. The van der Waals surface area contributed by atoms with Crippen LogP contribution in [-0.2, 0) is 6.42 Å². The molecule has 116 valence electrons. The number of rotatable bonds is 3. The number of aryl methyl sites for hydroxylation is 1. The summed E-state index contributed by atoms with van der Waals surface area (Å²) in [5.41, 5.74) is 6.20. The van der Waals surface area contributed by atoms with Crippen LogP contribution in [-0.4, -0.2) is 12.2 Å². The van der Waals surface area contributed by atoms with E-state index in [0.29, 0.717) is 5.92 Å². The van der Waals surface area contributed by atoms with Crippen molar-refractivity contribution < 1.29 is 4.52 Å². The van der Waals surface area contributed by atoms with Gasteiger partial charge in [0.25, 0.3) is 0 Å². The van der Waals surface area contributed by atoms with Crippen molar-refractivity contribution in [2.45, 2.75) is 25.2 Å². The Morgan fingerprint density at radius 3 is 2.48 bits per heavy atom. The molecule has 1 aromatic heterocycles. The van der Waals surface area contributed by atoms with Gasteiger partial charge in [-0.25, -0.2) is 0 Å². The zero-order chi connectivity index (χ0) is 15.6. The fourth-order valence-corrected chi connectivity index (χ4v) is 3.54. The Morgan fingerprint density at radius 1 is 1.00 bits per heavy atom. The van der Waals surface area contributed by atoms with E-state index < -0.39 is 0 Å². The topological polar surface area (TPSA) is 38.1 Å². The lowest BCUT2D eigenvalue weighted by Gasteiger charge is -2.22. The third kappa shape index (κ3) is 2.52. The number of nitrogens with one attached hydrogen (secondary N) is 1. The van der Waals surface area contributed by atoms with Crippen molar-refractivity contribution >= 4 is 5.88 Å². The molecule has 3 nitrogen and oxygen atoms in total. The maximum atomic E-state index is 5.45. The van der Waals surface area contributed by atoms with Crippen molar-refractivity contribution in [3.63, 3.8) is 0 Å². The summed E-state index contributed by atoms with van der Waals surface area (Å²) in [6.07, 6.45) is 3.32. The van der Waals surface area contributed by atoms with E-state index in [1.54, 1.807) is 0 Å². The van der Waals surface area contributed by atoms with Gasteiger partial charge in [-0.05, 0) is 36.0 Å². The van der Waals surface area contributed by atoms with E-state index in [1.165, 1.54) is 22.3 Å². The number of anilines is 1. The Morgan fingerprint density at radius 2 is 1.74 bits per heavy atom. The standard InChI is InChI=1S/C20H20N2O/c1-21-20-19-17(8-5-9-18(19)22-23-20)16-12-10-15(11-13-16)14-6-3-2-4-7-14/h2-4,6-7,10-13,17,21H,5,8-9H2,1H3. The molecule has 0 radical (unpaired) electrons. The van der Waals surface area contributed by atoms with Crippen LogP contribution in [0.5, 0.6) is 0 Å². The maximum absolute atomic E-state index is 5.45. The second-order valence-corrected chi connectivity index (χ2v) is 6.05. The van der Waals surface area contributed by atoms with Crippen LogP contribution >= 0.6 is 0 Å². The quantitative estimate of drug-likeness (QED) is 0.751. The minimum Gasteiger partial charge on any atom is -0.357 e. The van der Waals surface area contributed by atoms with Gasteiger partial charge >= 0.3 is 0 Å². The van der Waals surface area contributed by atoms with E-state index in [2.05, 4.69) is 59.0 Å². The van der Waals surface area contributed by atoms with Crippen molar-refractivity contribution in [2.24, 2.45) is 0 Å². The van der Waals surface area contributed by atoms with Crippen molar-refractivity contribution in [1.29, 1.82) is 0 Å². The zero-order valence-corrected chi connectivity index (χ0v) is 13.3. The molecule has 1 atom stereocenters. The summed E-state index contributed by atoms with van der Waals surface area (Å²) >= 11 is 0. The highest BCUT2D eigenvalue weighted by atomic mass is 16.5. The Labute approximate surface area is 136 Å². The predicted octanol–water partition coefficient (Wildman–Crippen LogP) is 4.85. The van der Waals surface area contributed by atoms with E-state index in [4.69, 9.17) is 4.52 Å². The molecule has 0 saturated carbocycles. The summed E-state index contributed by atoms with van der Waals surface area (Å²) in [5.74, 6) is 1.19. The van der Waals surface area contributed by atoms with Gasteiger partial charge in [0.1, 0.15) is 0 Å². The fraction of sp³-hybridized carbons (Fsp3) is 0.250. The normalized spacial score (nSPS) is 16.8. The molecule has 3 aromatic rings. The molecular formula is C20H20N2O. The van der Waals surface area contributed by atoms with E-state index in [-0.39, 0.29) is 0 Å². The average Bonchev–Trinajstić information content (AvgIpc) is 3.06. The van der Waals surface area contributed by atoms with Crippen LogP contribution in [0.25, 0.3) is 11.1 Å². The molecule has 1 aliphatic carbocycles. The van der Waals surface area contributed by atoms with Gasteiger partial charge in [-0.3, -0.25) is 0 Å². The second kappa shape index (κ2) is 5.92. The lowest BCUT2D eigenvalue weighted by atomic mass is 9.81. The van der Waals surface area contributed by atoms with E-state index >= 15 is 0 Å². The van der Waals surface area contributed by atoms with Crippen LogP contribution in [0.15, 0.2) is 59.1 Å². The Bertz CT molecular complexity index is 777. The molecule has 0 fully saturated rings. The van der Waals surface area contributed by atoms with Gasteiger partial charge in [-0.1, -0.05) is 59.8 Å². The Kier molecular flexibility index (Phi) is 3.62. The highest BCUT2D eigenvalue weighted by molar-refractivity contribution is 5.64. The van der Waals surface area contributed by atoms with Crippen molar-refractivity contribution in [3.05, 3.63) is 71.4 Å². The minimum atomic E-state index is 0.372. The maximum Gasteiger partial charge on any atom is 0.228 e. The van der Waals surface area contributed by atoms with Gasteiger partial charge in [-0.2, -0.15) is 0 Å². The molecular weight excluding hydrogens is 284 g/mol. The second-order valence-electron chi connectivity index (χ2n) is 6.05. The Balaban J connectivity index is 1.69. The van der Waals surface area contributed by atoms with Gasteiger partial charge in [0, 0.05) is 18.5 Å². The lowest BCUT2D eigenvalue weighted by Crippen LogP contribution is -2.11. The van der Waals surface area contributed by atoms with Crippen molar-refractivity contribution in [1.82, 2.24) is 5.16 Å². The predicted molar refractivity (Wildman–Crippen MR) is 92.7 cm³/mol. The highest BCUT2D eigenvalue weighted by Gasteiger charge is 2.28. The highest BCUT2D eigenvalue weighted by Crippen LogP contribution is 2.41. The molecule has 3 heteroatoms. The SMILES string of the molecule is CNc1onc2c1C(c1ccc(-c3ccccc3)cc1)CCC2. The summed E-state index contributed by atoms with van der Waals surface area (Å²) < 4.78 is 5.45. The number of hydrogen-bond acceptors (Lipinski definition) is 3. The third-order valence-corrected chi connectivity index (χ3v) is 4.70. The van der Waals surface area contributed by atoms with Crippen LogP contribution < -0.4 is 5.32 Å². The number of benzene rings is 2. The zero-order valence-electron chi connectivity index (χ0n) is 13.3. The van der Waals surface area contributed by atoms with Gasteiger partial charge in [0.05, 0.1) is 5.69 Å². The smallest absolute Gasteiger partial charge is 0.228 e. The van der Waals surface area contributed by atoms with Crippen molar-refractivity contribution in [3.8, 4) is 11.1 Å². The summed E-state index contributed by atoms with van der Waals surface area (Å²) in [6, 6.07) is 19.4. The van der Waals surface area contributed by atoms with Crippen LogP contribution in [0.4, 0.5) is 5.88 Å². The van der Waals surface area contributed by atoms with E-state index in [1.807, 2.05) is 13.1 Å². The monoisotopic (exact) mass is 304 g/mol. The first-order chi connectivity index (χ1) is 11.4. The molecule has 2 aromatic carbocycles. The fourth-order valence-electron chi connectivity index (χ4n) is 3.54. The molecule has 0 bridgehead atoms. The largest absolute Gasteiger partial charge is 0.357 e. The van der Waals surface area contributed by atoms with Gasteiger partial charge < -0.3 is 9.84 Å². The molecule has 23 heavy (non-hydrogen) atoms. The molecule has 1 aliphatic rings. The van der Waals surface area contributed by atoms with Gasteiger partial charge in [0.15, 0.2) is 0 Å². The number of fused-ring (bicyclic) bond motifs is 1. The third-order valence-electron chi connectivity index (χ3n) is 4.70. The van der Waals surface area contributed by atoms with Gasteiger partial charge in [-0.15, -0.1) is 0 Å². The molecule has 4 rings (SSSR count). The Hall–Kier alpha value is -2.55. The molecule has 1 N–H and O–H groups in total. The van der Waals surface area contributed by atoms with Crippen LogP contribution in [0.2, 0.25) is 0 Å². The molecule has 0 amide bonds. The first-order valence-electron chi connectivity index (χ1n) is 8.18. The van der Waals surface area contributed by atoms with Crippen LogP contribution in [0, 0.1) is 0 Å². The molecule has 0 saturated heterocycles. The van der Waals surface area contributed by atoms with Crippen molar-refractivity contribution in [2.75, 3.05) is 12.4 Å². The average molecular weight is 304 g/mol. The molecule has 0 spiro atoms. The first kappa shape index (κ1) is 14.1. The van der Waals surface area contributed by atoms with Crippen LogP contribution in [0.1, 0.15) is 35.6 Å². The minimum absolute atomic E-state index is 0.372.